The molecule has 2 heterocycles. The van der Waals surface area contributed by atoms with Crippen LogP contribution in [0.15, 0.2) is 30.6 Å². The smallest absolute Gasteiger partial charge is 0.133 e. The molecule has 106 valence electrons. The van der Waals surface area contributed by atoms with E-state index in [0.29, 0.717) is 5.92 Å². The van der Waals surface area contributed by atoms with Crippen LogP contribution in [0.1, 0.15) is 43.9 Å². The molecule has 0 aliphatic rings. The molecule has 0 amide bonds. The first-order valence-electron chi connectivity index (χ1n) is 7.11. The van der Waals surface area contributed by atoms with Gasteiger partial charge < -0.3 is 5.32 Å². The number of aryl methyl sites for hydroxylation is 2. The summed E-state index contributed by atoms with van der Waals surface area (Å²) in [6.45, 7) is 8.40. The van der Waals surface area contributed by atoms with Crippen molar-refractivity contribution < 1.29 is 0 Å². The van der Waals surface area contributed by atoms with Gasteiger partial charge in [-0.25, -0.2) is 9.97 Å². The quantitative estimate of drug-likeness (QED) is 0.902. The average Bonchev–Trinajstić information content (AvgIpc) is 2.45. The summed E-state index contributed by atoms with van der Waals surface area (Å²) in [5.74, 6) is 2.13. The first kappa shape index (κ1) is 14.4. The maximum absolute atomic E-state index is 4.54. The fourth-order valence-corrected chi connectivity index (χ4v) is 2.17. The van der Waals surface area contributed by atoms with Crippen LogP contribution in [-0.2, 0) is 6.42 Å². The minimum atomic E-state index is 0.149. The van der Waals surface area contributed by atoms with Crippen molar-refractivity contribution in [3.63, 3.8) is 0 Å². The second-order valence-electron chi connectivity index (χ2n) is 5.27. The van der Waals surface area contributed by atoms with E-state index in [1.54, 1.807) is 0 Å². The van der Waals surface area contributed by atoms with Crippen LogP contribution in [0.4, 0.5) is 5.82 Å². The maximum Gasteiger partial charge on any atom is 0.133 e. The van der Waals surface area contributed by atoms with Gasteiger partial charge in [-0.3, -0.25) is 4.98 Å². The Labute approximate surface area is 120 Å². The van der Waals surface area contributed by atoms with Gasteiger partial charge in [-0.2, -0.15) is 0 Å². The van der Waals surface area contributed by atoms with Gasteiger partial charge in [0.1, 0.15) is 11.6 Å². The maximum atomic E-state index is 4.54. The Bertz CT molecular complexity index is 552. The first-order valence-corrected chi connectivity index (χ1v) is 7.11. The zero-order chi connectivity index (χ0) is 14.5. The summed E-state index contributed by atoms with van der Waals surface area (Å²) in [7, 11) is 0. The fourth-order valence-electron chi connectivity index (χ4n) is 2.17. The lowest BCUT2D eigenvalue weighted by Crippen LogP contribution is -2.20. The van der Waals surface area contributed by atoms with E-state index < -0.39 is 0 Å². The lowest BCUT2D eigenvalue weighted by Gasteiger charge is -2.23. The van der Waals surface area contributed by atoms with Crippen molar-refractivity contribution in [2.24, 2.45) is 5.92 Å². The molecule has 4 heteroatoms. The number of nitrogens with zero attached hydrogens (tertiary/aromatic N) is 3. The van der Waals surface area contributed by atoms with Crippen molar-refractivity contribution >= 4 is 5.82 Å². The van der Waals surface area contributed by atoms with Gasteiger partial charge in [0.05, 0.1) is 11.7 Å². The van der Waals surface area contributed by atoms with E-state index in [4.69, 9.17) is 0 Å². The van der Waals surface area contributed by atoms with Gasteiger partial charge in [-0.1, -0.05) is 26.8 Å². The molecule has 2 aromatic rings. The molecule has 20 heavy (non-hydrogen) atoms. The number of pyridine rings is 1. The van der Waals surface area contributed by atoms with Crippen LogP contribution in [0, 0.1) is 12.8 Å². The molecule has 0 aliphatic carbocycles. The second-order valence-corrected chi connectivity index (χ2v) is 5.27. The highest BCUT2D eigenvalue weighted by Crippen LogP contribution is 2.25. The van der Waals surface area contributed by atoms with Gasteiger partial charge in [-0.15, -0.1) is 0 Å². The van der Waals surface area contributed by atoms with Gasteiger partial charge >= 0.3 is 0 Å². The average molecular weight is 270 g/mol. The first-order chi connectivity index (χ1) is 9.61. The molecular weight excluding hydrogens is 248 g/mol. The molecule has 0 radical (unpaired) electrons. The van der Waals surface area contributed by atoms with E-state index in [1.165, 1.54) is 0 Å². The summed E-state index contributed by atoms with van der Waals surface area (Å²) in [4.78, 5) is 13.3. The summed E-state index contributed by atoms with van der Waals surface area (Å²) in [5.41, 5.74) is 2.18. The molecule has 2 aromatic heterocycles. The van der Waals surface area contributed by atoms with E-state index >= 15 is 0 Å². The molecule has 1 atom stereocenters. The molecule has 1 N–H and O–H groups in total. The molecule has 0 aliphatic heterocycles. The molecule has 0 aromatic carbocycles. The molecule has 0 bridgehead atoms. The zero-order valence-corrected chi connectivity index (χ0v) is 12.6. The largest absolute Gasteiger partial charge is 0.361 e. The van der Waals surface area contributed by atoms with Gasteiger partial charge in [0, 0.05) is 18.0 Å². The third-order valence-corrected chi connectivity index (χ3v) is 3.33. The molecule has 0 saturated carbocycles. The summed E-state index contributed by atoms with van der Waals surface area (Å²) < 4.78 is 0. The Hall–Kier alpha value is -1.97. The third kappa shape index (κ3) is 3.32. The monoisotopic (exact) mass is 270 g/mol. The lowest BCUT2D eigenvalue weighted by atomic mass is 10.00. The van der Waals surface area contributed by atoms with Crippen LogP contribution in [0.2, 0.25) is 0 Å². The molecule has 2 rings (SSSR count). The minimum absolute atomic E-state index is 0.149. The number of hydrogen-bond acceptors (Lipinski definition) is 4. The van der Waals surface area contributed by atoms with Crippen molar-refractivity contribution in [3.05, 3.63) is 47.7 Å². The Morgan fingerprint density at radius 1 is 1.20 bits per heavy atom. The molecular formula is C16H22N4. The SMILES string of the molecule is CCc1cnc(C)nc1NC(c1ccccn1)C(C)C. The topological polar surface area (TPSA) is 50.7 Å². The van der Waals surface area contributed by atoms with Crippen LogP contribution in [0.5, 0.6) is 0 Å². The van der Waals surface area contributed by atoms with Crippen molar-refractivity contribution in [3.8, 4) is 0 Å². The molecule has 4 nitrogen and oxygen atoms in total. The van der Waals surface area contributed by atoms with Crippen molar-refractivity contribution in [2.45, 2.75) is 40.2 Å². The van der Waals surface area contributed by atoms with E-state index in [2.05, 4.69) is 47.1 Å². The van der Waals surface area contributed by atoms with Gasteiger partial charge in [0.25, 0.3) is 0 Å². The number of anilines is 1. The summed E-state index contributed by atoms with van der Waals surface area (Å²) in [5, 5.41) is 3.54. The van der Waals surface area contributed by atoms with Crippen molar-refractivity contribution in [2.75, 3.05) is 5.32 Å². The predicted molar refractivity (Wildman–Crippen MR) is 81.6 cm³/mol. The van der Waals surface area contributed by atoms with E-state index in [-0.39, 0.29) is 6.04 Å². The third-order valence-electron chi connectivity index (χ3n) is 3.33. The predicted octanol–water partition coefficient (Wildman–Crippen LogP) is 3.55. The van der Waals surface area contributed by atoms with Crippen LogP contribution >= 0.6 is 0 Å². The normalized spacial score (nSPS) is 12.4. The standard InChI is InChI=1S/C16H22N4/c1-5-13-10-18-12(4)19-16(13)20-15(11(2)3)14-8-6-7-9-17-14/h6-11,15H,5H2,1-4H3,(H,18,19,20). The molecule has 0 saturated heterocycles. The Balaban J connectivity index is 2.32. The Morgan fingerprint density at radius 3 is 2.60 bits per heavy atom. The number of aromatic nitrogens is 3. The number of nitrogens with one attached hydrogen (secondary N) is 1. The Kier molecular flexibility index (Phi) is 4.66. The number of rotatable bonds is 5. The zero-order valence-electron chi connectivity index (χ0n) is 12.6. The van der Waals surface area contributed by atoms with Crippen LogP contribution in [0.3, 0.4) is 0 Å². The molecule has 1 unspecified atom stereocenters. The van der Waals surface area contributed by atoms with Crippen LogP contribution in [-0.4, -0.2) is 15.0 Å². The number of hydrogen-bond donors (Lipinski definition) is 1. The second kappa shape index (κ2) is 6.46. The Morgan fingerprint density at radius 2 is 2.00 bits per heavy atom. The highest BCUT2D eigenvalue weighted by atomic mass is 15.1. The van der Waals surface area contributed by atoms with Crippen molar-refractivity contribution in [1.82, 2.24) is 15.0 Å². The fraction of sp³-hybridized carbons (Fsp3) is 0.438. The summed E-state index contributed by atoms with van der Waals surface area (Å²) in [6.07, 6.45) is 4.65. The summed E-state index contributed by atoms with van der Waals surface area (Å²) >= 11 is 0. The summed E-state index contributed by atoms with van der Waals surface area (Å²) in [6, 6.07) is 6.16. The van der Waals surface area contributed by atoms with Gasteiger partial charge in [0.15, 0.2) is 0 Å². The van der Waals surface area contributed by atoms with E-state index in [9.17, 15) is 0 Å². The van der Waals surface area contributed by atoms with E-state index in [0.717, 1.165) is 29.3 Å². The van der Waals surface area contributed by atoms with Crippen LogP contribution < -0.4 is 5.32 Å². The minimum Gasteiger partial charge on any atom is -0.361 e. The lowest BCUT2D eigenvalue weighted by molar-refractivity contribution is 0.532. The van der Waals surface area contributed by atoms with Crippen LogP contribution in [0.25, 0.3) is 0 Å². The van der Waals surface area contributed by atoms with Gasteiger partial charge in [-0.05, 0) is 31.4 Å². The molecule has 0 fully saturated rings. The van der Waals surface area contributed by atoms with E-state index in [1.807, 2.05) is 31.5 Å². The van der Waals surface area contributed by atoms with Crippen molar-refractivity contribution in [1.29, 1.82) is 0 Å². The highest BCUT2D eigenvalue weighted by molar-refractivity contribution is 5.45. The molecule has 0 spiro atoms. The van der Waals surface area contributed by atoms with Gasteiger partial charge in [0.2, 0.25) is 0 Å². The highest BCUT2D eigenvalue weighted by Gasteiger charge is 2.18.